The van der Waals surface area contributed by atoms with E-state index in [0.29, 0.717) is 11.5 Å². The van der Waals surface area contributed by atoms with Gasteiger partial charge in [-0.05, 0) is 17.9 Å². The second-order valence-corrected chi connectivity index (χ2v) is 6.07. The summed E-state index contributed by atoms with van der Waals surface area (Å²) >= 11 is 0. The van der Waals surface area contributed by atoms with E-state index in [1.54, 1.807) is 0 Å². The molecule has 2 amide bonds. The number of benzene rings is 1. The molecule has 1 aromatic carbocycles. The maximum Gasteiger partial charge on any atom is 0.352 e. The number of hydroxylamine groups is 3. The summed E-state index contributed by atoms with van der Waals surface area (Å²) in [6, 6.07) is 8.72. The van der Waals surface area contributed by atoms with Gasteiger partial charge >= 0.3 is 5.97 Å². The Kier molecular flexibility index (Phi) is 6.45. The average Bonchev–Trinajstić information content (AvgIpc) is 2.86. The van der Waals surface area contributed by atoms with Crippen molar-refractivity contribution in [3.05, 3.63) is 35.9 Å². The molecule has 1 aliphatic heterocycles. The van der Waals surface area contributed by atoms with Gasteiger partial charge in [0.05, 0.1) is 6.61 Å². The average molecular weight is 334 g/mol. The van der Waals surface area contributed by atoms with Gasteiger partial charge < -0.3 is 4.84 Å². The van der Waals surface area contributed by atoms with E-state index in [2.05, 4.69) is 5.48 Å². The van der Waals surface area contributed by atoms with Gasteiger partial charge in [0.15, 0.2) is 0 Å². The van der Waals surface area contributed by atoms with E-state index < -0.39 is 23.8 Å². The third-order valence-electron chi connectivity index (χ3n) is 3.49. The van der Waals surface area contributed by atoms with Crippen LogP contribution in [0.3, 0.4) is 0 Å². The Labute approximate surface area is 140 Å². The standard InChI is InChI=1S/C17H22N2O5/c1-12(2)10-14(18-23-11-13-6-4-3-5-7-13)17(22)24-19-15(20)8-9-16(19)21/h3-7,12,14,18H,8-11H2,1-2H3/t14-/m0/s1. The van der Waals surface area contributed by atoms with Crippen molar-refractivity contribution in [2.24, 2.45) is 5.92 Å². The van der Waals surface area contributed by atoms with Crippen LogP contribution in [-0.2, 0) is 30.7 Å². The Morgan fingerprint density at radius 1 is 1.17 bits per heavy atom. The van der Waals surface area contributed by atoms with E-state index in [0.717, 1.165) is 5.56 Å². The second kappa shape index (κ2) is 8.56. The first-order valence-corrected chi connectivity index (χ1v) is 7.96. The van der Waals surface area contributed by atoms with Gasteiger partial charge in [0.25, 0.3) is 11.8 Å². The Balaban J connectivity index is 1.90. The summed E-state index contributed by atoms with van der Waals surface area (Å²) in [5.41, 5.74) is 3.63. The number of rotatable bonds is 8. The summed E-state index contributed by atoms with van der Waals surface area (Å²) in [5, 5.41) is 0.550. The molecule has 0 aromatic heterocycles. The molecule has 130 valence electrons. The van der Waals surface area contributed by atoms with Crippen LogP contribution in [0.2, 0.25) is 0 Å². The van der Waals surface area contributed by atoms with Crippen molar-refractivity contribution in [2.75, 3.05) is 0 Å². The first-order valence-electron chi connectivity index (χ1n) is 7.96. The maximum absolute atomic E-state index is 12.3. The third-order valence-corrected chi connectivity index (χ3v) is 3.49. The topological polar surface area (TPSA) is 84.9 Å². The maximum atomic E-state index is 12.3. The molecule has 0 spiro atoms. The molecule has 7 nitrogen and oxygen atoms in total. The van der Waals surface area contributed by atoms with Crippen LogP contribution >= 0.6 is 0 Å². The van der Waals surface area contributed by atoms with Gasteiger partial charge in [-0.2, -0.15) is 5.48 Å². The Bertz CT molecular complexity index is 572. The third kappa shape index (κ3) is 5.14. The highest BCUT2D eigenvalue weighted by Crippen LogP contribution is 2.14. The zero-order valence-electron chi connectivity index (χ0n) is 13.9. The normalized spacial score (nSPS) is 15.9. The minimum absolute atomic E-state index is 0.0683. The number of hydrogen-bond donors (Lipinski definition) is 1. The Morgan fingerprint density at radius 2 is 1.79 bits per heavy atom. The van der Waals surface area contributed by atoms with Crippen molar-refractivity contribution in [1.82, 2.24) is 10.5 Å². The summed E-state index contributed by atoms with van der Waals surface area (Å²) in [6.07, 6.45) is 0.585. The van der Waals surface area contributed by atoms with Crippen LogP contribution in [0.25, 0.3) is 0 Å². The van der Waals surface area contributed by atoms with Crippen LogP contribution < -0.4 is 5.48 Å². The van der Waals surface area contributed by atoms with Crippen molar-refractivity contribution in [2.45, 2.75) is 45.8 Å². The molecule has 0 unspecified atom stereocenters. The summed E-state index contributed by atoms with van der Waals surface area (Å²) in [4.78, 5) is 45.7. The van der Waals surface area contributed by atoms with Crippen LogP contribution in [-0.4, -0.2) is 28.9 Å². The largest absolute Gasteiger partial charge is 0.352 e. The van der Waals surface area contributed by atoms with Crippen LogP contribution in [0.1, 0.15) is 38.7 Å². The number of nitrogens with one attached hydrogen (secondary N) is 1. The fraction of sp³-hybridized carbons (Fsp3) is 0.471. The predicted octanol–water partition coefficient (Wildman–Crippen LogP) is 1.73. The van der Waals surface area contributed by atoms with E-state index in [1.807, 2.05) is 44.2 Å². The lowest BCUT2D eigenvalue weighted by molar-refractivity contribution is -0.202. The molecule has 0 aliphatic carbocycles. The highest BCUT2D eigenvalue weighted by molar-refractivity contribution is 6.01. The zero-order chi connectivity index (χ0) is 17.5. The summed E-state index contributed by atoms with van der Waals surface area (Å²) < 4.78 is 0. The highest BCUT2D eigenvalue weighted by Gasteiger charge is 2.35. The highest BCUT2D eigenvalue weighted by atomic mass is 16.7. The number of hydrogen-bond acceptors (Lipinski definition) is 6. The lowest BCUT2D eigenvalue weighted by Gasteiger charge is -2.21. The van der Waals surface area contributed by atoms with Gasteiger partial charge in [0, 0.05) is 12.8 Å². The van der Waals surface area contributed by atoms with Gasteiger partial charge in [-0.25, -0.2) is 4.79 Å². The molecular weight excluding hydrogens is 312 g/mol. The van der Waals surface area contributed by atoms with E-state index in [9.17, 15) is 14.4 Å². The molecule has 0 radical (unpaired) electrons. The number of carbonyl (C=O) groups excluding carboxylic acids is 3. The Hall–Kier alpha value is -2.25. The molecule has 1 saturated heterocycles. The van der Waals surface area contributed by atoms with E-state index in [-0.39, 0.29) is 25.4 Å². The SMILES string of the molecule is CC(C)C[C@H](NOCc1ccccc1)C(=O)ON1C(=O)CCC1=O. The fourth-order valence-electron chi connectivity index (χ4n) is 2.28. The van der Waals surface area contributed by atoms with Crippen molar-refractivity contribution < 1.29 is 24.1 Å². The molecule has 0 bridgehead atoms. The molecular formula is C17H22N2O5. The first-order chi connectivity index (χ1) is 11.5. The van der Waals surface area contributed by atoms with Crippen LogP contribution in [0.4, 0.5) is 0 Å². The second-order valence-electron chi connectivity index (χ2n) is 6.07. The quantitative estimate of drug-likeness (QED) is 0.576. The van der Waals surface area contributed by atoms with Crippen LogP contribution in [0, 0.1) is 5.92 Å². The molecule has 1 aromatic rings. The molecule has 0 saturated carbocycles. The lowest BCUT2D eigenvalue weighted by atomic mass is 10.0. The molecule has 1 aliphatic rings. The smallest absolute Gasteiger partial charge is 0.328 e. The number of carbonyl (C=O) groups is 3. The Morgan fingerprint density at radius 3 is 2.38 bits per heavy atom. The summed E-state index contributed by atoms with van der Waals surface area (Å²) in [5.74, 6) is -1.51. The molecule has 1 N–H and O–H groups in total. The summed E-state index contributed by atoms with van der Waals surface area (Å²) in [7, 11) is 0. The van der Waals surface area contributed by atoms with Gasteiger partial charge in [-0.15, -0.1) is 5.06 Å². The first kappa shape index (κ1) is 18.1. The van der Waals surface area contributed by atoms with Crippen LogP contribution in [0.5, 0.6) is 0 Å². The number of amides is 2. The molecule has 1 heterocycles. The van der Waals surface area contributed by atoms with E-state index >= 15 is 0 Å². The monoisotopic (exact) mass is 334 g/mol. The summed E-state index contributed by atoms with van der Waals surface area (Å²) in [6.45, 7) is 4.18. The van der Waals surface area contributed by atoms with Crippen molar-refractivity contribution >= 4 is 17.8 Å². The number of imide groups is 1. The van der Waals surface area contributed by atoms with Crippen molar-refractivity contribution in [3.63, 3.8) is 0 Å². The van der Waals surface area contributed by atoms with Crippen molar-refractivity contribution in [1.29, 1.82) is 0 Å². The van der Waals surface area contributed by atoms with Gasteiger partial charge in [-0.3, -0.25) is 14.4 Å². The molecule has 7 heteroatoms. The predicted molar refractivity (Wildman–Crippen MR) is 84.8 cm³/mol. The lowest BCUT2D eigenvalue weighted by Crippen LogP contribution is -2.43. The molecule has 24 heavy (non-hydrogen) atoms. The molecule has 2 rings (SSSR count). The van der Waals surface area contributed by atoms with Gasteiger partial charge in [0.1, 0.15) is 6.04 Å². The zero-order valence-corrected chi connectivity index (χ0v) is 13.9. The molecule has 1 atom stereocenters. The minimum Gasteiger partial charge on any atom is -0.328 e. The van der Waals surface area contributed by atoms with Crippen LogP contribution in [0.15, 0.2) is 30.3 Å². The van der Waals surface area contributed by atoms with E-state index in [4.69, 9.17) is 9.68 Å². The van der Waals surface area contributed by atoms with Crippen molar-refractivity contribution in [3.8, 4) is 0 Å². The van der Waals surface area contributed by atoms with Gasteiger partial charge in [0.2, 0.25) is 0 Å². The molecule has 1 fully saturated rings. The number of nitrogens with zero attached hydrogens (tertiary/aromatic N) is 1. The van der Waals surface area contributed by atoms with Gasteiger partial charge in [-0.1, -0.05) is 44.2 Å². The van der Waals surface area contributed by atoms with E-state index in [1.165, 1.54) is 0 Å². The fourth-order valence-corrected chi connectivity index (χ4v) is 2.28. The minimum atomic E-state index is -0.769.